The monoisotopic (exact) mass is 264 g/mol. The molecule has 3 aromatic rings. The van der Waals surface area contributed by atoms with Crippen LogP contribution in [0.25, 0.3) is 0 Å². The number of hydrogen-bond donors (Lipinski definition) is 0. The summed E-state index contributed by atoms with van der Waals surface area (Å²) in [7, 11) is 0. The predicted octanol–water partition coefficient (Wildman–Crippen LogP) is 1.24. The Morgan fingerprint density at radius 3 is 1.40 bits per heavy atom. The van der Waals surface area contributed by atoms with Gasteiger partial charge in [-0.05, 0) is 24.3 Å². The van der Waals surface area contributed by atoms with E-state index in [1.807, 2.05) is 36.4 Å². The van der Waals surface area contributed by atoms with E-state index in [9.17, 15) is 0 Å². The molecule has 0 aliphatic carbocycles. The van der Waals surface area contributed by atoms with Crippen molar-refractivity contribution in [3.63, 3.8) is 0 Å². The summed E-state index contributed by atoms with van der Waals surface area (Å²) in [4.78, 5) is 8.44. The molecule has 0 atom stereocenters. The second-order valence-electron chi connectivity index (χ2n) is 4.23. The lowest BCUT2D eigenvalue weighted by molar-refractivity contribution is 0.718. The molecule has 0 aliphatic heterocycles. The van der Waals surface area contributed by atoms with Gasteiger partial charge in [0.2, 0.25) is 0 Å². The average molecular weight is 264 g/mol. The van der Waals surface area contributed by atoms with Crippen LogP contribution in [0, 0.1) is 0 Å². The van der Waals surface area contributed by atoms with E-state index >= 15 is 0 Å². The molecule has 3 rings (SSSR count). The van der Waals surface area contributed by atoms with Gasteiger partial charge in [-0.25, -0.2) is 0 Å². The summed E-state index contributed by atoms with van der Waals surface area (Å²) in [5, 5.41) is 16.3. The molecule has 0 bridgehead atoms. The van der Waals surface area contributed by atoms with Gasteiger partial charge in [0.15, 0.2) is 11.6 Å². The third-order valence-corrected chi connectivity index (χ3v) is 2.69. The number of aromatic nitrogens is 6. The molecule has 0 saturated carbocycles. The summed E-state index contributed by atoms with van der Waals surface area (Å²) in [5.41, 5.74) is 1.79. The highest BCUT2D eigenvalue weighted by Crippen LogP contribution is 2.02. The van der Waals surface area contributed by atoms with Crippen LogP contribution >= 0.6 is 0 Å². The first kappa shape index (κ1) is 12.3. The van der Waals surface area contributed by atoms with Gasteiger partial charge >= 0.3 is 0 Å². The first-order valence-electron chi connectivity index (χ1n) is 6.25. The van der Waals surface area contributed by atoms with Crippen LogP contribution < -0.4 is 0 Å². The average Bonchev–Trinajstić information content (AvgIpc) is 2.51. The van der Waals surface area contributed by atoms with Gasteiger partial charge in [-0.2, -0.15) is 0 Å². The quantitative estimate of drug-likeness (QED) is 0.705. The van der Waals surface area contributed by atoms with Crippen LogP contribution in [0.3, 0.4) is 0 Å². The first-order valence-corrected chi connectivity index (χ1v) is 6.25. The normalized spacial score (nSPS) is 10.4. The predicted molar refractivity (Wildman–Crippen MR) is 71.7 cm³/mol. The van der Waals surface area contributed by atoms with E-state index in [0.29, 0.717) is 24.5 Å². The van der Waals surface area contributed by atoms with Crippen molar-refractivity contribution in [3.8, 4) is 0 Å². The van der Waals surface area contributed by atoms with Crippen LogP contribution in [0.1, 0.15) is 23.0 Å². The molecule has 0 aliphatic rings. The molecule has 3 heterocycles. The fraction of sp³-hybridized carbons (Fsp3) is 0.143. The van der Waals surface area contributed by atoms with Crippen LogP contribution in [0.15, 0.2) is 48.8 Å². The van der Waals surface area contributed by atoms with E-state index in [4.69, 9.17) is 0 Å². The third kappa shape index (κ3) is 3.17. The van der Waals surface area contributed by atoms with E-state index in [1.165, 1.54) is 0 Å². The second kappa shape index (κ2) is 5.92. The Kier molecular flexibility index (Phi) is 3.64. The van der Waals surface area contributed by atoms with Crippen molar-refractivity contribution in [1.82, 2.24) is 30.4 Å². The smallest absolute Gasteiger partial charge is 0.179 e. The summed E-state index contributed by atoms with van der Waals surface area (Å²) in [6.45, 7) is 0. The molecule has 0 N–H and O–H groups in total. The maximum atomic E-state index is 4.22. The van der Waals surface area contributed by atoms with Crippen molar-refractivity contribution in [2.24, 2.45) is 0 Å². The molecule has 20 heavy (non-hydrogen) atoms. The van der Waals surface area contributed by atoms with E-state index in [-0.39, 0.29) is 0 Å². The molecule has 3 aromatic heterocycles. The van der Waals surface area contributed by atoms with Crippen LogP contribution in [0.5, 0.6) is 0 Å². The molecule has 0 radical (unpaired) electrons. The Balaban J connectivity index is 1.69. The molecule has 0 amide bonds. The first-order chi connectivity index (χ1) is 9.90. The van der Waals surface area contributed by atoms with Crippen LogP contribution in [-0.4, -0.2) is 30.4 Å². The van der Waals surface area contributed by atoms with Crippen molar-refractivity contribution in [3.05, 3.63) is 71.8 Å². The van der Waals surface area contributed by atoms with Gasteiger partial charge in [0, 0.05) is 23.8 Å². The Labute approximate surface area is 116 Å². The Hall–Kier alpha value is -2.76. The molecule has 0 saturated heterocycles. The van der Waals surface area contributed by atoms with Gasteiger partial charge < -0.3 is 0 Å². The van der Waals surface area contributed by atoms with Gasteiger partial charge in [0.25, 0.3) is 0 Å². The molecule has 0 unspecified atom stereocenters. The van der Waals surface area contributed by atoms with E-state index in [0.717, 1.165) is 11.4 Å². The van der Waals surface area contributed by atoms with Crippen molar-refractivity contribution in [2.45, 2.75) is 12.8 Å². The molecular weight excluding hydrogens is 252 g/mol. The lowest BCUT2D eigenvalue weighted by atomic mass is 10.2. The topological polar surface area (TPSA) is 77.3 Å². The Morgan fingerprint density at radius 2 is 1.05 bits per heavy atom. The molecule has 98 valence electrons. The fourth-order valence-electron chi connectivity index (χ4n) is 1.74. The van der Waals surface area contributed by atoms with Crippen LogP contribution in [-0.2, 0) is 12.8 Å². The van der Waals surface area contributed by atoms with Crippen LogP contribution in [0.4, 0.5) is 0 Å². The zero-order valence-corrected chi connectivity index (χ0v) is 10.7. The summed E-state index contributed by atoms with van der Waals surface area (Å²) < 4.78 is 0. The minimum absolute atomic E-state index is 0.532. The summed E-state index contributed by atoms with van der Waals surface area (Å²) in [5.74, 6) is 1.13. The van der Waals surface area contributed by atoms with Gasteiger partial charge in [-0.15, -0.1) is 20.4 Å². The second-order valence-corrected chi connectivity index (χ2v) is 4.23. The highest BCUT2D eigenvalue weighted by Gasteiger charge is 2.05. The molecular formula is C14H12N6. The van der Waals surface area contributed by atoms with Crippen molar-refractivity contribution in [2.75, 3.05) is 0 Å². The SMILES string of the molecule is c1ccc(Cc2nnc(Cc3ccccn3)nn2)nc1. The largest absolute Gasteiger partial charge is 0.261 e. The van der Waals surface area contributed by atoms with Crippen LogP contribution in [0.2, 0.25) is 0 Å². The summed E-state index contributed by atoms with van der Waals surface area (Å²) in [6, 6.07) is 11.4. The number of nitrogens with zero attached hydrogens (tertiary/aromatic N) is 6. The maximum Gasteiger partial charge on any atom is 0.179 e. The van der Waals surface area contributed by atoms with E-state index < -0.39 is 0 Å². The van der Waals surface area contributed by atoms with Crippen molar-refractivity contribution >= 4 is 0 Å². The molecule has 0 spiro atoms. The minimum Gasteiger partial charge on any atom is -0.261 e. The zero-order chi connectivity index (χ0) is 13.6. The number of rotatable bonds is 4. The molecule has 6 nitrogen and oxygen atoms in total. The van der Waals surface area contributed by atoms with E-state index in [2.05, 4.69) is 30.4 Å². The number of hydrogen-bond acceptors (Lipinski definition) is 6. The summed E-state index contributed by atoms with van der Waals surface area (Å²) >= 11 is 0. The highest BCUT2D eigenvalue weighted by atomic mass is 15.3. The van der Waals surface area contributed by atoms with E-state index in [1.54, 1.807) is 12.4 Å². The zero-order valence-electron chi connectivity index (χ0n) is 10.7. The Morgan fingerprint density at radius 1 is 0.600 bits per heavy atom. The van der Waals surface area contributed by atoms with Crippen molar-refractivity contribution < 1.29 is 0 Å². The van der Waals surface area contributed by atoms with Gasteiger partial charge in [0.05, 0.1) is 12.8 Å². The highest BCUT2D eigenvalue weighted by molar-refractivity contribution is 5.10. The fourth-order valence-corrected chi connectivity index (χ4v) is 1.74. The minimum atomic E-state index is 0.532. The molecule has 6 heteroatoms. The lowest BCUT2D eigenvalue weighted by Crippen LogP contribution is -2.07. The maximum absolute atomic E-state index is 4.22. The lowest BCUT2D eigenvalue weighted by Gasteiger charge is -2.00. The summed E-state index contributed by atoms with van der Waals surface area (Å²) in [6.07, 6.45) is 4.55. The van der Waals surface area contributed by atoms with Gasteiger partial charge in [-0.3, -0.25) is 9.97 Å². The van der Waals surface area contributed by atoms with Gasteiger partial charge in [0.1, 0.15) is 0 Å². The van der Waals surface area contributed by atoms with Gasteiger partial charge in [-0.1, -0.05) is 12.1 Å². The Bertz CT molecular complexity index is 594. The number of pyridine rings is 2. The third-order valence-electron chi connectivity index (χ3n) is 2.69. The molecule has 0 aromatic carbocycles. The molecule has 0 fully saturated rings. The van der Waals surface area contributed by atoms with Crippen molar-refractivity contribution in [1.29, 1.82) is 0 Å². The standard InChI is InChI=1S/C14H12N6/c1-3-7-15-11(5-1)9-13-17-19-14(20-18-13)10-12-6-2-4-8-16-12/h1-8H,9-10H2.